The number of likely N-dealkylation sites (tertiary alicyclic amines) is 1. The van der Waals surface area contributed by atoms with Crippen LogP contribution in [0.3, 0.4) is 0 Å². The molecule has 0 aliphatic carbocycles. The molecular weight excluding hydrogens is 507 g/mol. The molecule has 0 atom stereocenters. The highest BCUT2D eigenvalue weighted by Crippen LogP contribution is 2.39. The monoisotopic (exact) mass is 526 g/mol. The Hall–Kier alpha value is -1.47. The molecule has 1 N–H and O–H groups in total. The molecule has 0 bridgehead atoms. The molecule has 1 saturated heterocycles. The summed E-state index contributed by atoms with van der Waals surface area (Å²) in [4.78, 5) is 27.7. The van der Waals surface area contributed by atoms with E-state index >= 15 is 0 Å². The topological polar surface area (TPSA) is 49.4 Å². The average Bonchev–Trinajstić information content (AvgIpc) is 3.12. The van der Waals surface area contributed by atoms with Crippen molar-refractivity contribution in [3.63, 3.8) is 0 Å². The van der Waals surface area contributed by atoms with Gasteiger partial charge in [-0.2, -0.15) is 0 Å². The van der Waals surface area contributed by atoms with E-state index in [0.717, 1.165) is 39.2 Å². The fourth-order valence-electron chi connectivity index (χ4n) is 3.10. The number of hydrogen-bond donors (Lipinski definition) is 1. The average molecular weight is 528 g/mol. The molecule has 1 aliphatic heterocycles. The van der Waals surface area contributed by atoms with E-state index in [2.05, 4.69) is 27.8 Å². The molecule has 158 valence electrons. The molecule has 2 amide bonds. The molecule has 0 saturated carbocycles. The quantitative estimate of drug-likeness (QED) is 0.336. The van der Waals surface area contributed by atoms with Crippen LogP contribution in [0.1, 0.15) is 24.8 Å². The predicted molar refractivity (Wildman–Crippen MR) is 127 cm³/mol. The molecule has 8 heteroatoms. The summed E-state index contributed by atoms with van der Waals surface area (Å²) in [6, 6.07) is 11.0. The van der Waals surface area contributed by atoms with Gasteiger partial charge in [-0.05, 0) is 64.7 Å². The van der Waals surface area contributed by atoms with Gasteiger partial charge in [-0.15, -0.1) is 0 Å². The van der Waals surface area contributed by atoms with E-state index in [-0.39, 0.29) is 11.8 Å². The lowest BCUT2D eigenvalue weighted by molar-refractivity contribution is -0.127. The molecule has 2 aromatic carbocycles. The van der Waals surface area contributed by atoms with E-state index in [4.69, 9.17) is 23.2 Å². The summed E-state index contributed by atoms with van der Waals surface area (Å²) >= 11 is 17.3. The normalized spacial score (nSPS) is 13.6. The number of rotatable bonds is 8. The summed E-state index contributed by atoms with van der Waals surface area (Å²) < 4.78 is 0.845. The van der Waals surface area contributed by atoms with E-state index in [0.29, 0.717) is 35.1 Å². The lowest BCUT2D eigenvalue weighted by atomic mass is 10.1. The van der Waals surface area contributed by atoms with E-state index in [1.54, 1.807) is 12.1 Å². The minimum Gasteiger partial charge on any atom is -0.352 e. The largest absolute Gasteiger partial charge is 0.352 e. The zero-order chi connectivity index (χ0) is 21.7. The number of benzene rings is 2. The van der Waals surface area contributed by atoms with Crippen molar-refractivity contribution < 1.29 is 9.59 Å². The third-order valence-corrected chi connectivity index (χ3v) is 7.46. The first-order valence-corrected chi connectivity index (χ1v) is 11.9. The van der Waals surface area contributed by atoms with Gasteiger partial charge in [-0.3, -0.25) is 9.59 Å². The molecule has 1 aliphatic rings. The van der Waals surface area contributed by atoms with Crippen LogP contribution in [0.4, 0.5) is 0 Å². The summed E-state index contributed by atoms with van der Waals surface area (Å²) in [5, 5.41) is 4.06. The number of hydrogen-bond acceptors (Lipinski definition) is 3. The first kappa shape index (κ1) is 23.2. The summed E-state index contributed by atoms with van der Waals surface area (Å²) in [6.07, 6.45) is 2.29. The molecule has 4 nitrogen and oxygen atoms in total. The van der Waals surface area contributed by atoms with Crippen LogP contribution in [0.15, 0.2) is 57.2 Å². The standard InChI is InChI=1S/C22H21BrCl2N2O2S/c1-14(22(29)26-9-3-11-27-10-2-4-21(27)28)15-5-7-19(17(23)12-15)30-20-8-6-16(24)13-18(20)25/h5-8,12-13H,1-4,9-11H2,(H,26,29). The van der Waals surface area contributed by atoms with Crippen LogP contribution >= 0.6 is 50.9 Å². The van der Waals surface area contributed by atoms with Crippen LogP contribution in [0.5, 0.6) is 0 Å². The number of nitrogens with zero attached hydrogens (tertiary/aromatic N) is 1. The van der Waals surface area contributed by atoms with Gasteiger partial charge in [0.15, 0.2) is 0 Å². The molecule has 2 aromatic rings. The highest BCUT2D eigenvalue weighted by molar-refractivity contribution is 9.10. The van der Waals surface area contributed by atoms with Gasteiger partial charge in [0.05, 0.1) is 5.02 Å². The molecule has 0 spiro atoms. The van der Waals surface area contributed by atoms with Gasteiger partial charge in [-0.25, -0.2) is 0 Å². The van der Waals surface area contributed by atoms with Crippen molar-refractivity contribution in [2.75, 3.05) is 19.6 Å². The SMILES string of the molecule is C=C(C(=O)NCCCN1CCCC1=O)c1ccc(Sc2ccc(Cl)cc2Cl)c(Br)c1. The summed E-state index contributed by atoms with van der Waals surface area (Å²) in [7, 11) is 0. The Bertz CT molecular complexity index is 984. The zero-order valence-electron chi connectivity index (χ0n) is 16.2. The third kappa shape index (κ3) is 6.03. The van der Waals surface area contributed by atoms with Crippen molar-refractivity contribution in [3.05, 3.63) is 63.1 Å². The Balaban J connectivity index is 1.54. The van der Waals surface area contributed by atoms with Crippen LogP contribution in [0.2, 0.25) is 10.0 Å². The van der Waals surface area contributed by atoms with E-state index in [1.165, 1.54) is 11.8 Å². The van der Waals surface area contributed by atoms with Crippen molar-refractivity contribution in [1.29, 1.82) is 0 Å². The number of carbonyl (C=O) groups excluding carboxylic acids is 2. The molecule has 1 fully saturated rings. The van der Waals surface area contributed by atoms with Gasteiger partial charge in [-0.1, -0.05) is 47.6 Å². The second-order valence-electron chi connectivity index (χ2n) is 6.89. The summed E-state index contributed by atoms with van der Waals surface area (Å²) in [6.45, 7) is 5.93. The van der Waals surface area contributed by atoms with Gasteiger partial charge in [0.2, 0.25) is 5.91 Å². The molecule has 0 radical (unpaired) electrons. The molecule has 30 heavy (non-hydrogen) atoms. The maximum atomic E-state index is 12.4. The molecule has 0 unspecified atom stereocenters. The fraction of sp³-hybridized carbons (Fsp3) is 0.273. The maximum Gasteiger partial charge on any atom is 0.251 e. The molecule has 3 rings (SSSR count). The maximum absolute atomic E-state index is 12.4. The number of nitrogens with one attached hydrogen (secondary N) is 1. The van der Waals surface area contributed by atoms with Crippen LogP contribution in [-0.4, -0.2) is 36.3 Å². The van der Waals surface area contributed by atoms with Crippen molar-refractivity contribution in [2.45, 2.75) is 29.1 Å². The van der Waals surface area contributed by atoms with Gasteiger partial charge >= 0.3 is 0 Å². The Kier molecular flexibility index (Phi) is 8.28. The highest BCUT2D eigenvalue weighted by Gasteiger charge is 2.19. The predicted octanol–water partition coefficient (Wildman–Crippen LogP) is 6.05. The first-order chi connectivity index (χ1) is 14.3. The van der Waals surface area contributed by atoms with Crippen LogP contribution in [0.25, 0.3) is 5.57 Å². The number of halogens is 3. The number of carbonyl (C=O) groups is 2. The van der Waals surface area contributed by atoms with Crippen molar-refractivity contribution in [1.82, 2.24) is 10.2 Å². The van der Waals surface area contributed by atoms with Gasteiger partial charge in [0.1, 0.15) is 0 Å². The molecular formula is C22H21BrCl2N2O2S. The minimum absolute atomic E-state index is 0.202. The number of amides is 2. The Morgan fingerprint density at radius 1 is 1.20 bits per heavy atom. The summed E-state index contributed by atoms with van der Waals surface area (Å²) in [5.74, 6) is -0.00997. The second-order valence-corrected chi connectivity index (χ2v) is 9.68. The van der Waals surface area contributed by atoms with Crippen LogP contribution in [-0.2, 0) is 9.59 Å². The van der Waals surface area contributed by atoms with Crippen LogP contribution < -0.4 is 5.32 Å². The molecule has 0 aromatic heterocycles. The van der Waals surface area contributed by atoms with Gasteiger partial charge in [0, 0.05) is 50.9 Å². The Morgan fingerprint density at radius 3 is 2.63 bits per heavy atom. The lowest BCUT2D eigenvalue weighted by Gasteiger charge is -2.15. The fourth-order valence-corrected chi connectivity index (χ4v) is 5.07. The molecule has 1 heterocycles. The van der Waals surface area contributed by atoms with Crippen molar-refractivity contribution >= 4 is 68.3 Å². The van der Waals surface area contributed by atoms with Crippen molar-refractivity contribution in [3.8, 4) is 0 Å². The van der Waals surface area contributed by atoms with Crippen LogP contribution in [0, 0.1) is 0 Å². The Morgan fingerprint density at radius 2 is 1.97 bits per heavy atom. The van der Waals surface area contributed by atoms with E-state index in [9.17, 15) is 9.59 Å². The zero-order valence-corrected chi connectivity index (χ0v) is 20.1. The van der Waals surface area contributed by atoms with E-state index < -0.39 is 0 Å². The van der Waals surface area contributed by atoms with Crippen molar-refractivity contribution in [2.24, 2.45) is 0 Å². The second kappa shape index (κ2) is 10.7. The lowest BCUT2D eigenvalue weighted by Crippen LogP contribution is -2.30. The van der Waals surface area contributed by atoms with E-state index in [1.807, 2.05) is 29.2 Å². The smallest absolute Gasteiger partial charge is 0.251 e. The van der Waals surface area contributed by atoms with Gasteiger partial charge in [0.25, 0.3) is 5.91 Å². The summed E-state index contributed by atoms with van der Waals surface area (Å²) in [5.41, 5.74) is 1.13. The Labute approximate surface area is 199 Å². The third-order valence-electron chi connectivity index (χ3n) is 4.73. The highest BCUT2D eigenvalue weighted by atomic mass is 79.9. The first-order valence-electron chi connectivity index (χ1n) is 9.53. The minimum atomic E-state index is -0.212. The van der Waals surface area contributed by atoms with Gasteiger partial charge < -0.3 is 10.2 Å².